The number of rotatable bonds is 7. The van der Waals surface area contributed by atoms with Crippen molar-refractivity contribution in [2.45, 2.75) is 19.8 Å². The van der Waals surface area contributed by atoms with Gasteiger partial charge in [0, 0.05) is 30.8 Å². The number of carbonyl (C=O) groups excluding carboxylic acids is 2. The van der Waals surface area contributed by atoms with Gasteiger partial charge in [0.15, 0.2) is 0 Å². The lowest BCUT2D eigenvalue weighted by molar-refractivity contribution is -0.115. The molecular weight excluding hydrogens is 378 g/mol. The summed E-state index contributed by atoms with van der Waals surface area (Å²) >= 11 is 0. The van der Waals surface area contributed by atoms with Crippen LogP contribution in [0.2, 0.25) is 0 Å². The molecule has 0 bridgehead atoms. The fraction of sp³-hybridized carbons (Fsp3) is 0.300. The van der Waals surface area contributed by atoms with Gasteiger partial charge in [-0.15, -0.1) is 0 Å². The van der Waals surface area contributed by atoms with Crippen molar-refractivity contribution in [3.63, 3.8) is 0 Å². The number of fused-ring (bicyclic) bond motifs is 1. The number of nitrogens with one attached hydrogen (secondary N) is 2. The molecule has 8 heteroatoms. The Kier molecular flexibility index (Phi) is 5.99. The first-order valence-electron chi connectivity index (χ1n) is 9.17. The van der Waals surface area contributed by atoms with E-state index < -0.39 is 10.0 Å². The van der Waals surface area contributed by atoms with Gasteiger partial charge in [0.1, 0.15) is 0 Å². The third-order valence-corrected chi connectivity index (χ3v) is 6.33. The van der Waals surface area contributed by atoms with Crippen LogP contribution in [0.3, 0.4) is 0 Å². The number of carbonyl (C=O) groups is 2. The number of para-hydroxylation sites is 1. The summed E-state index contributed by atoms with van der Waals surface area (Å²) in [6.45, 7) is 2.17. The minimum Gasteiger partial charge on any atom is -0.351 e. The zero-order chi connectivity index (χ0) is 20.1. The third kappa shape index (κ3) is 4.51. The Labute approximate surface area is 164 Å². The summed E-state index contributed by atoms with van der Waals surface area (Å²) in [4.78, 5) is 23.8. The summed E-state index contributed by atoms with van der Waals surface area (Å²) < 4.78 is 26.7. The van der Waals surface area contributed by atoms with Crippen LogP contribution in [0.1, 0.15) is 29.3 Å². The predicted octanol–water partition coefficient (Wildman–Crippen LogP) is 2.16. The first-order chi connectivity index (χ1) is 13.4. The summed E-state index contributed by atoms with van der Waals surface area (Å²) in [5.74, 6) is -0.710. The van der Waals surface area contributed by atoms with Crippen molar-refractivity contribution in [3.05, 3.63) is 59.7 Å². The quantitative estimate of drug-likeness (QED) is 0.743. The van der Waals surface area contributed by atoms with Crippen molar-refractivity contribution in [1.29, 1.82) is 0 Å². The second-order valence-electron chi connectivity index (χ2n) is 6.51. The molecule has 2 N–H and O–H groups in total. The molecule has 7 nitrogen and oxygen atoms in total. The van der Waals surface area contributed by atoms with Gasteiger partial charge in [0.2, 0.25) is 15.9 Å². The normalized spacial score (nSPS) is 13.1. The number of sulfonamides is 1. The highest BCUT2D eigenvalue weighted by molar-refractivity contribution is 7.92. The second kappa shape index (κ2) is 8.43. The van der Waals surface area contributed by atoms with Crippen LogP contribution in [0.5, 0.6) is 0 Å². The molecule has 148 valence electrons. The summed E-state index contributed by atoms with van der Waals surface area (Å²) in [5, 5.41) is 5.33. The van der Waals surface area contributed by atoms with E-state index >= 15 is 0 Å². The lowest BCUT2D eigenvalue weighted by Gasteiger charge is -2.19. The number of benzene rings is 2. The van der Waals surface area contributed by atoms with Crippen LogP contribution >= 0.6 is 0 Å². The van der Waals surface area contributed by atoms with Gasteiger partial charge in [0.25, 0.3) is 5.91 Å². The topological polar surface area (TPSA) is 95.6 Å². The zero-order valence-corrected chi connectivity index (χ0v) is 16.5. The fourth-order valence-corrected chi connectivity index (χ4v) is 4.52. The number of anilines is 2. The van der Waals surface area contributed by atoms with Crippen LogP contribution in [0.4, 0.5) is 11.4 Å². The van der Waals surface area contributed by atoms with Crippen molar-refractivity contribution in [3.8, 4) is 0 Å². The Hall–Kier alpha value is -2.87. The summed E-state index contributed by atoms with van der Waals surface area (Å²) in [6, 6.07) is 14.0. The average Bonchev–Trinajstić information content (AvgIpc) is 3.13. The molecule has 2 aromatic rings. The maximum absolute atomic E-state index is 12.6. The number of hydrogen-bond acceptors (Lipinski definition) is 4. The molecule has 0 radical (unpaired) electrons. The Morgan fingerprint density at radius 3 is 2.68 bits per heavy atom. The van der Waals surface area contributed by atoms with E-state index in [-0.39, 0.29) is 24.1 Å². The van der Waals surface area contributed by atoms with Gasteiger partial charge in [-0.05, 0) is 36.2 Å². The Morgan fingerprint density at radius 1 is 1.11 bits per heavy atom. The molecular formula is C20H23N3O4S. The maximum Gasteiger partial charge on any atom is 0.251 e. The van der Waals surface area contributed by atoms with E-state index in [1.165, 1.54) is 4.31 Å². The minimum absolute atomic E-state index is 0.00534. The number of amides is 2. The second-order valence-corrected chi connectivity index (χ2v) is 8.52. The molecule has 2 amide bonds. The number of hydrogen-bond donors (Lipinski definition) is 2. The van der Waals surface area contributed by atoms with E-state index in [1.54, 1.807) is 37.3 Å². The van der Waals surface area contributed by atoms with Gasteiger partial charge >= 0.3 is 0 Å². The maximum atomic E-state index is 12.6. The first kappa shape index (κ1) is 19.9. The summed E-state index contributed by atoms with van der Waals surface area (Å²) in [7, 11) is -3.52. The van der Waals surface area contributed by atoms with E-state index in [2.05, 4.69) is 10.6 Å². The van der Waals surface area contributed by atoms with Gasteiger partial charge in [-0.3, -0.25) is 13.9 Å². The molecule has 2 aromatic carbocycles. The van der Waals surface area contributed by atoms with E-state index in [0.717, 1.165) is 5.56 Å². The lowest BCUT2D eigenvalue weighted by Crippen LogP contribution is -2.37. The van der Waals surface area contributed by atoms with Crippen LogP contribution in [-0.2, 0) is 21.2 Å². The van der Waals surface area contributed by atoms with Crippen molar-refractivity contribution in [1.82, 2.24) is 5.32 Å². The van der Waals surface area contributed by atoms with E-state index in [0.29, 0.717) is 36.3 Å². The minimum atomic E-state index is -3.52. The van der Waals surface area contributed by atoms with Crippen molar-refractivity contribution in [2.24, 2.45) is 0 Å². The third-order valence-electron chi connectivity index (χ3n) is 4.56. The molecule has 0 aromatic heterocycles. The van der Waals surface area contributed by atoms with Crippen LogP contribution < -0.4 is 14.9 Å². The molecule has 0 atom stereocenters. The predicted molar refractivity (Wildman–Crippen MR) is 109 cm³/mol. The monoisotopic (exact) mass is 401 g/mol. The van der Waals surface area contributed by atoms with Gasteiger partial charge in [-0.1, -0.05) is 31.2 Å². The van der Waals surface area contributed by atoms with Crippen LogP contribution in [0.25, 0.3) is 0 Å². The number of nitrogens with zero attached hydrogens (tertiary/aromatic N) is 1. The van der Waals surface area contributed by atoms with Gasteiger partial charge in [-0.2, -0.15) is 0 Å². The first-order valence-corrected chi connectivity index (χ1v) is 10.8. The molecule has 0 spiro atoms. The lowest BCUT2D eigenvalue weighted by atomic mass is 10.2. The highest BCUT2D eigenvalue weighted by Gasteiger charge is 2.28. The molecule has 0 aliphatic carbocycles. The van der Waals surface area contributed by atoms with Crippen LogP contribution in [-0.4, -0.2) is 39.1 Å². The Balaban J connectivity index is 1.58. The largest absolute Gasteiger partial charge is 0.351 e. The Bertz CT molecular complexity index is 988. The molecule has 0 unspecified atom stereocenters. The highest BCUT2D eigenvalue weighted by atomic mass is 32.2. The van der Waals surface area contributed by atoms with Crippen LogP contribution in [0.15, 0.2) is 48.5 Å². The van der Waals surface area contributed by atoms with Crippen molar-refractivity contribution < 1.29 is 18.0 Å². The molecule has 1 aliphatic heterocycles. The molecule has 0 fully saturated rings. The molecule has 1 aliphatic rings. The molecule has 0 saturated carbocycles. The molecule has 3 rings (SSSR count). The smallest absolute Gasteiger partial charge is 0.251 e. The van der Waals surface area contributed by atoms with E-state index in [9.17, 15) is 18.0 Å². The zero-order valence-electron chi connectivity index (χ0n) is 15.6. The Morgan fingerprint density at radius 2 is 1.89 bits per heavy atom. The van der Waals surface area contributed by atoms with Crippen LogP contribution in [0, 0.1) is 0 Å². The fourth-order valence-electron chi connectivity index (χ4n) is 3.09. The van der Waals surface area contributed by atoms with Crippen molar-refractivity contribution >= 4 is 33.2 Å². The summed E-state index contributed by atoms with van der Waals surface area (Å²) in [6.07, 6.45) is 1.03. The molecule has 1 heterocycles. The van der Waals surface area contributed by atoms with Gasteiger partial charge < -0.3 is 10.6 Å². The van der Waals surface area contributed by atoms with Crippen molar-refractivity contribution in [2.75, 3.05) is 28.5 Å². The molecule has 0 saturated heterocycles. The molecule has 28 heavy (non-hydrogen) atoms. The standard InChI is InChI=1S/C20H23N3O4S/c1-2-19(24)22-17-8-5-7-16(14-17)20(25)21-11-13-28(26,27)23-12-10-15-6-3-4-9-18(15)23/h3-9,14H,2,10-13H2,1H3,(H,21,25)(H,22,24). The van der Waals surface area contributed by atoms with E-state index in [1.807, 2.05) is 18.2 Å². The van der Waals surface area contributed by atoms with Gasteiger partial charge in [-0.25, -0.2) is 8.42 Å². The SMILES string of the molecule is CCC(=O)Nc1cccc(C(=O)NCCS(=O)(=O)N2CCc3ccccc32)c1. The van der Waals surface area contributed by atoms with Gasteiger partial charge in [0.05, 0.1) is 11.4 Å². The summed E-state index contributed by atoms with van der Waals surface area (Å²) in [5.41, 5.74) is 2.62. The highest BCUT2D eigenvalue weighted by Crippen LogP contribution is 2.29. The average molecular weight is 401 g/mol. The van der Waals surface area contributed by atoms with E-state index in [4.69, 9.17) is 0 Å².